The minimum atomic E-state index is -3.79. The van der Waals surface area contributed by atoms with Crippen LogP contribution in [0.1, 0.15) is 26.3 Å². The van der Waals surface area contributed by atoms with E-state index in [1.165, 1.54) is 57.6 Å². The molecule has 1 aliphatic heterocycles. The quantitative estimate of drug-likeness (QED) is 0.319. The molecule has 0 saturated carbocycles. The molecule has 0 aromatic heterocycles. The summed E-state index contributed by atoms with van der Waals surface area (Å²) < 4.78 is 36.4. The molecular formula is C22H21N3O8S. The summed E-state index contributed by atoms with van der Waals surface area (Å²) >= 11 is 0. The van der Waals surface area contributed by atoms with E-state index in [9.17, 15) is 27.6 Å². The summed E-state index contributed by atoms with van der Waals surface area (Å²) in [7, 11) is 0.172. The van der Waals surface area contributed by atoms with Crippen molar-refractivity contribution in [1.82, 2.24) is 9.62 Å². The predicted molar refractivity (Wildman–Crippen MR) is 121 cm³/mol. The summed E-state index contributed by atoms with van der Waals surface area (Å²) in [4.78, 5) is 48.9. The van der Waals surface area contributed by atoms with Gasteiger partial charge in [-0.25, -0.2) is 17.9 Å². The smallest absolute Gasteiger partial charge is 0.331 e. The summed E-state index contributed by atoms with van der Waals surface area (Å²) in [6.45, 7) is -0.602. The third kappa shape index (κ3) is 5.13. The molecule has 0 bridgehead atoms. The van der Waals surface area contributed by atoms with Gasteiger partial charge in [0.25, 0.3) is 17.7 Å². The topological polar surface area (TPSA) is 148 Å². The van der Waals surface area contributed by atoms with Gasteiger partial charge in [0.1, 0.15) is 10.6 Å². The fourth-order valence-electron chi connectivity index (χ4n) is 3.10. The van der Waals surface area contributed by atoms with Gasteiger partial charge in [0.2, 0.25) is 10.0 Å². The predicted octanol–water partition coefficient (Wildman–Crippen LogP) is 1.02. The van der Waals surface area contributed by atoms with E-state index in [1.807, 2.05) is 0 Å². The Balaban J connectivity index is 1.60. The number of nitrogens with zero attached hydrogens (tertiary/aromatic N) is 1. The lowest BCUT2D eigenvalue weighted by molar-refractivity contribution is -0.142. The van der Waals surface area contributed by atoms with Crippen LogP contribution in [0.5, 0.6) is 5.75 Å². The van der Waals surface area contributed by atoms with Crippen molar-refractivity contribution in [2.75, 3.05) is 33.1 Å². The number of esters is 1. The number of rotatable bonds is 8. The lowest BCUT2D eigenvalue weighted by Crippen LogP contribution is -2.24. The number of methoxy groups -OCH3 is 1. The van der Waals surface area contributed by atoms with Crippen molar-refractivity contribution in [3.05, 3.63) is 59.2 Å². The first kappa shape index (κ1) is 24.6. The number of sulfonamides is 1. The van der Waals surface area contributed by atoms with Gasteiger partial charge in [-0.15, -0.1) is 0 Å². The number of ether oxygens (including phenoxy) is 2. The van der Waals surface area contributed by atoms with E-state index >= 15 is 0 Å². The average molecular weight is 487 g/mol. The number of benzene rings is 2. The number of anilines is 1. The van der Waals surface area contributed by atoms with Gasteiger partial charge in [0.05, 0.1) is 18.2 Å². The highest BCUT2D eigenvalue weighted by Crippen LogP contribution is 2.26. The van der Waals surface area contributed by atoms with Crippen LogP contribution in [0, 0.1) is 0 Å². The number of carbonyl (C=O) groups excluding carboxylic acids is 4. The Bertz CT molecular complexity index is 1320. The van der Waals surface area contributed by atoms with E-state index in [-0.39, 0.29) is 27.5 Å². The van der Waals surface area contributed by atoms with Crippen molar-refractivity contribution in [2.45, 2.75) is 4.90 Å². The lowest BCUT2D eigenvalue weighted by Gasteiger charge is -2.09. The molecule has 0 spiro atoms. The molecule has 2 N–H and O–H groups in total. The molecule has 1 aliphatic rings. The van der Waals surface area contributed by atoms with Gasteiger partial charge >= 0.3 is 5.97 Å². The fraction of sp³-hybridized carbons (Fsp3) is 0.182. The molecule has 2 aromatic rings. The number of hydrogen-bond acceptors (Lipinski definition) is 8. The minimum absolute atomic E-state index is 0.104. The summed E-state index contributed by atoms with van der Waals surface area (Å²) in [5, 5.41) is 2.48. The van der Waals surface area contributed by atoms with Gasteiger partial charge in [-0.1, -0.05) is 6.07 Å². The SMILES string of the molecule is CNS(=O)(=O)c1cc(/C=C/C(=O)OCC(=O)Nc2ccc3c(c2)C(=O)N(C)C3=O)ccc1OC. The minimum Gasteiger partial charge on any atom is -0.495 e. The molecule has 3 rings (SSSR count). The number of amides is 3. The van der Waals surface area contributed by atoms with E-state index in [0.29, 0.717) is 5.56 Å². The molecule has 0 radical (unpaired) electrons. The van der Waals surface area contributed by atoms with Crippen LogP contribution in [-0.4, -0.2) is 64.8 Å². The zero-order chi connectivity index (χ0) is 25.0. The van der Waals surface area contributed by atoms with Crippen molar-refractivity contribution in [3.63, 3.8) is 0 Å². The molecule has 0 unspecified atom stereocenters. The van der Waals surface area contributed by atoms with Crippen molar-refractivity contribution < 1.29 is 37.1 Å². The first-order valence-corrected chi connectivity index (χ1v) is 11.3. The molecule has 0 fully saturated rings. The van der Waals surface area contributed by atoms with Crippen LogP contribution < -0.4 is 14.8 Å². The van der Waals surface area contributed by atoms with Crippen LogP contribution in [0.4, 0.5) is 5.69 Å². The lowest BCUT2D eigenvalue weighted by atomic mass is 10.1. The van der Waals surface area contributed by atoms with Gasteiger partial charge < -0.3 is 14.8 Å². The third-order valence-corrected chi connectivity index (χ3v) is 6.31. The van der Waals surface area contributed by atoms with E-state index in [4.69, 9.17) is 9.47 Å². The fourth-order valence-corrected chi connectivity index (χ4v) is 4.03. The molecule has 11 nitrogen and oxygen atoms in total. The van der Waals surface area contributed by atoms with E-state index in [1.54, 1.807) is 6.07 Å². The second-order valence-corrected chi connectivity index (χ2v) is 8.89. The van der Waals surface area contributed by atoms with Crippen LogP contribution >= 0.6 is 0 Å². The highest BCUT2D eigenvalue weighted by Gasteiger charge is 2.32. The molecule has 0 atom stereocenters. The van der Waals surface area contributed by atoms with Crippen LogP contribution in [0.25, 0.3) is 6.08 Å². The highest BCUT2D eigenvalue weighted by molar-refractivity contribution is 7.89. The summed E-state index contributed by atoms with van der Waals surface area (Å²) in [5.74, 6) is -2.25. The number of fused-ring (bicyclic) bond motifs is 1. The molecule has 178 valence electrons. The molecule has 12 heteroatoms. The second-order valence-electron chi connectivity index (χ2n) is 7.04. The highest BCUT2D eigenvalue weighted by atomic mass is 32.2. The maximum Gasteiger partial charge on any atom is 0.331 e. The van der Waals surface area contributed by atoms with Crippen LogP contribution in [0.15, 0.2) is 47.4 Å². The number of hydrogen-bond donors (Lipinski definition) is 2. The Kier molecular flexibility index (Phi) is 7.13. The zero-order valence-corrected chi connectivity index (χ0v) is 19.3. The molecular weight excluding hydrogens is 466 g/mol. The zero-order valence-electron chi connectivity index (χ0n) is 18.4. The van der Waals surface area contributed by atoms with E-state index in [2.05, 4.69) is 10.0 Å². The van der Waals surface area contributed by atoms with E-state index in [0.717, 1.165) is 11.0 Å². The molecule has 3 amide bonds. The molecule has 34 heavy (non-hydrogen) atoms. The Morgan fingerprint density at radius 3 is 2.44 bits per heavy atom. The van der Waals surface area contributed by atoms with Crippen LogP contribution in [0.2, 0.25) is 0 Å². The number of imide groups is 1. The monoisotopic (exact) mass is 487 g/mol. The van der Waals surface area contributed by atoms with Gasteiger partial charge in [0, 0.05) is 18.8 Å². The normalized spacial score (nSPS) is 13.2. The maximum absolute atomic E-state index is 12.1. The molecule has 0 saturated heterocycles. The Labute approximate surface area is 195 Å². The largest absolute Gasteiger partial charge is 0.495 e. The summed E-state index contributed by atoms with van der Waals surface area (Å²) in [6.07, 6.45) is 2.37. The first-order chi connectivity index (χ1) is 16.1. The second kappa shape index (κ2) is 9.85. The Hall–Kier alpha value is -4.03. The van der Waals surface area contributed by atoms with Gasteiger partial charge in [-0.2, -0.15) is 0 Å². The van der Waals surface area contributed by atoms with Crippen LogP contribution in [0.3, 0.4) is 0 Å². The number of nitrogens with one attached hydrogen (secondary N) is 2. The van der Waals surface area contributed by atoms with Crippen molar-refractivity contribution in [1.29, 1.82) is 0 Å². The van der Waals surface area contributed by atoms with Gasteiger partial charge in [-0.3, -0.25) is 19.3 Å². The Morgan fingerprint density at radius 2 is 1.76 bits per heavy atom. The summed E-state index contributed by atoms with van der Waals surface area (Å²) in [6, 6.07) is 8.57. The van der Waals surface area contributed by atoms with Crippen molar-refractivity contribution in [3.8, 4) is 5.75 Å². The summed E-state index contributed by atoms with van der Waals surface area (Å²) in [5.41, 5.74) is 1.07. The van der Waals surface area contributed by atoms with E-state index < -0.39 is 40.3 Å². The van der Waals surface area contributed by atoms with Gasteiger partial charge in [-0.05, 0) is 49.0 Å². The molecule has 0 aliphatic carbocycles. The standard InChI is InChI=1S/C22H21N3O8S/c1-23-34(30,31)18-10-13(4-8-17(18)32-3)5-9-20(27)33-12-19(26)24-14-6-7-15-16(11-14)22(29)25(2)21(15)28/h4-11,23H,12H2,1-3H3,(H,24,26)/b9-5+. The average Bonchev–Trinajstić information content (AvgIpc) is 3.04. The molecule has 2 aromatic carbocycles. The Morgan fingerprint density at radius 1 is 1.06 bits per heavy atom. The maximum atomic E-state index is 12.1. The number of carbonyl (C=O) groups is 4. The van der Waals surface area contributed by atoms with Crippen molar-refractivity contribution in [2.24, 2.45) is 0 Å². The third-order valence-electron chi connectivity index (χ3n) is 4.88. The van der Waals surface area contributed by atoms with Crippen LogP contribution in [-0.2, 0) is 24.3 Å². The first-order valence-electron chi connectivity index (χ1n) is 9.80. The van der Waals surface area contributed by atoms with Gasteiger partial charge in [0.15, 0.2) is 6.61 Å². The molecule has 1 heterocycles. The van der Waals surface area contributed by atoms with Crippen molar-refractivity contribution >= 4 is 45.5 Å².